The molecule has 0 heterocycles. The molecule has 0 saturated carbocycles. The quantitative estimate of drug-likeness (QED) is 0.516. The monoisotopic (exact) mass is 397 g/mol. The van der Waals surface area contributed by atoms with Crippen molar-refractivity contribution >= 4 is 12.4 Å². The van der Waals surface area contributed by atoms with Gasteiger partial charge in [0, 0.05) is 12.6 Å². The second-order valence-corrected chi connectivity index (χ2v) is 6.71. The molecule has 3 aromatic rings. The minimum atomic E-state index is 0. The summed E-state index contributed by atoms with van der Waals surface area (Å²) >= 11 is 0. The van der Waals surface area contributed by atoms with E-state index in [-0.39, 0.29) is 18.4 Å². The number of ether oxygens (including phenoxy) is 2. The molecule has 0 bridgehead atoms. The molecule has 0 radical (unpaired) electrons. The highest BCUT2D eigenvalue weighted by Crippen LogP contribution is 2.29. The van der Waals surface area contributed by atoms with E-state index in [0.29, 0.717) is 6.61 Å². The van der Waals surface area contributed by atoms with Crippen LogP contribution < -0.4 is 14.8 Å². The van der Waals surface area contributed by atoms with Gasteiger partial charge in [-0.2, -0.15) is 0 Å². The van der Waals surface area contributed by atoms with Crippen LogP contribution in [0.4, 0.5) is 0 Å². The second-order valence-electron chi connectivity index (χ2n) is 6.71. The Morgan fingerprint density at radius 2 is 1.61 bits per heavy atom. The predicted octanol–water partition coefficient (Wildman–Crippen LogP) is 5.86. The first-order chi connectivity index (χ1) is 13.2. The third-order valence-corrected chi connectivity index (χ3v) is 4.78. The Kier molecular flexibility index (Phi) is 8.37. The Labute approximate surface area is 174 Å². The first kappa shape index (κ1) is 21.8. The molecule has 0 fully saturated rings. The lowest BCUT2D eigenvalue weighted by atomic mass is 10.1. The van der Waals surface area contributed by atoms with Crippen LogP contribution in [0.3, 0.4) is 0 Å². The summed E-state index contributed by atoms with van der Waals surface area (Å²) in [6.45, 7) is 5.57. The number of nitrogens with one attached hydrogen (secondary N) is 1. The number of halogens is 1. The van der Waals surface area contributed by atoms with Gasteiger partial charge in [0.1, 0.15) is 6.61 Å². The second kappa shape index (κ2) is 10.7. The van der Waals surface area contributed by atoms with Crippen LogP contribution in [0.2, 0.25) is 0 Å². The highest BCUT2D eigenvalue weighted by Gasteiger charge is 2.09. The van der Waals surface area contributed by atoms with Crippen molar-refractivity contribution in [1.82, 2.24) is 5.32 Å². The van der Waals surface area contributed by atoms with E-state index in [0.717, 1.165) is 23.6 Å². The van der Waals surface area contributed by atoms with E-state index in [9.17, 15) is 0 Å². The number of hydrogen-bond donors (Lipinski definition) is 1. The summed E-state index contributed by atoms with van der Waals surface area (Å²) in [5.41, 5.74) is 4.86. The molecule has 1 unspecified atom stereocenters. The SMILES string of the molecule is COc1cc(CNC(C)c2ccccc2)ccc1OCc1ccccc1C.Cl. The first-order valence-corrected chi connectivity index (χ1v) is 9.30. The molecule has 3 nitrogen and oxygen atoms in total. The molecule has 28 heavy (non-hydrogen) atoms. The molecule has 4 heteroatoms. The highest BCUT2D eigenvalue weighted by atomic mass is 35.5. The van der Waals surface area contributed by atoms with Crippen LogP contribution in [0.5, 0.6) is 11.5 Å². The zero-order valence-electron chi connectivity index (χ0n) is 16.6. The third kappa shape index (κ3) is 5.75. The fraction of sp³-hybridized carbons (Fsp3) is 0.250. The summed E-state index contributed by atoms with van der Waals surface area (Å²) in [7, 11) is 1.68. The average molecular weight is 398 g/mol. The molecule has 148 valence electrons. The van der Waals surface area contributed by atoms with Crippen LogP contribution in [0.15, 0.2) is 72.8 Å². The largest absolute Gasteiger partial charge is 0.493 e. The van der Waals surface area contributed by atoms with E-state index in [1.54, 1.807) is 7.11 Å². The smallest absolute Gasteiger partial charge is 0.161 e. The van der Waals surface area contributed by atoms with Gasteiger partial charge in [-0.3, -0.25) is 0 Å². The molecule has 0 saturated heterocycles. The predicted molar refractivity (Wildman–Crippen MR) is 117 cm³/mol. The van der Waals surface area contributed by atoms with Gasteiger partial charge in [-0.1, -0.05) is 60.7 Å². The van der Waals surface area contributed by atoms with Gasteiger partial charge in [-0.05, 0) is 48.2 Å². The van der Waals surface area contributed by atoms with Crippen molar-refractivity contribution in [2.75, 3.05) is 7.11 Å². The van der Waals surface area contributed by atoms with Crippen molar-refractivity contribution in [1.29, 1.82) is 0 Å². The maximum Gasteiger partial charge on any atom is 0.161 e. The van der Waals surface area contributed by atoms with Crippen LogP contribution in [0.25, 0.3) is 0 Å². The molecule has 0 aliphatic rings. The van der Waals surface area contributed by atoms with E-state index >= 15 is 0 Å². The molecule has 1 N–H and O–H groups in total. The topological polar surface area (TPSA) is 30.5 Å². The lowest BCUT2D eigenvalue weighted by Crippen LogP contribution is -2.18. The van der Waals surface area contributed by atoms with Crippen LogP contribution in [0, 0.1) is 6.92 Å². The van der Waals surface area contributed by atoms with Gasteiger partial charge >= 0.3 is 0 Å². The summed E-state index contributed by atoms with van der Waals surface area (Å²) in [4.78, 5) is 0. The zero-order chi connectivity index (χ0) is 19.1. The summed E-state index contributed by atoms with van der Waals surface area (Å²) < 4.78 is 11.5. The van der Waals surface area contributed by atoms with Gasteiger partial charge in [-0.15, -0.1) is 12.4 Å². The summed E-state index contributed by atoms with van der Waals surface area (Å²) in [5, 5.41) is 3.55. The molecule has 3 aromatic carbocycles. The minimum absolute atomic E-state index is 0. The fourth-order valence-corrected chi connectivity index (χ4v) is 3.00. The van der Waals surface area contributed by atoms with Crippen LogP contribution in [-0.2, 0) is 13.2 Å². The van der Waals surface area contributed by atoms with Crippen LogP contribution in [-0.4, -0.2) is 7.11 Å². The van der Waals surface area contributed by atoms with E-state index in [1.165, 1.54) is 16.7 Å². The number of rotatable bonds is 8. The van der Waals surface area contributed by atoms with Crippen molar-refractivity contribution in [3.63, 3.8) is 0 Å². The van der Waals surface area contributed by atoms with Gasteiger partial charge in [0.15, 0.2) is 11.5 Å². The molecule has 0 amide bonds. The molecule has 3 rings (SSSR count). The molecular weight excluding hydrogens is 370 g/mol. The van der Waals surface area contributed by atoms with Gasteiger partial charge in [-0.25, -0.2) is 0 Å². The van der Waals surface area contributed by atoms with Gasteiger partial charge in [0.2, 0.25) is 0 Å². The minimum Gasteiger partial charge on any atom is -0.493 e. The maximum absolute atomic E-state index is 6.00. The van der Waals surface area contributed by atoms with Crippen molar-refractivity contribution in [3.05, 3.63) is 95.1 Å². The lowest BCUT2D eigenvalue weighted by Gasteiger charge is -2.16. The van der Waals surface area contributed by atoms with Crippen molar-refractivity contribution < 1.29 is 9.47 Å². The third-order valence-electron chi connectivity index (χ3n) is 4.78. The molecular formula is C24H28ClNO2. The molecule has 0 aromatic heterocycles. The average Bonchev–Trinajstić information content (AvgIpc) is 2.72. The van der Waals surface area contributed by atoms with Crippen LogP contribution >= 0.6 is 12.4 Å². The van der Waals surface area contributed by atoms with E-state index in [2.05, 4.69) is 61.6 Å². The fourth-order valence-electron chi connectivity index (χ4n) is 3.00. The molecule has 0 aliphatic carbocycles. The van der Waals surface area contributed by atoms with Crippen molar-refractivity contribution in [3.8, 4) is 11.5 Å². The standard InChI is InChI=1S/C24H27NO2.ClH/c1-18-9-7-8-12-22(18)17-27-23-14-13-20(15-24(23)26-3)16-25-19(2)21-10-5-4-6-11-21;/h4-15,19,25H,16-17H2,1-3H3;1H. The molecule has 1 atom stereocenters. The molecule has 0 aliphatic heterocycles. The van der Waals surface area contributed by atoms with E-state index < -0.39 is 0 Å². The number of aryl methyl sites for hydroxylation is 1. The Balaban J connectivity index is 0.00000280. The Hall–Kier alpha value is -2.49. The highest BCUT2D eigenvalue weighted by molar-refractivity contribution is 5.85. The first-order valence-electron chi connectivity index (χ1n) is 9.30. The van der Waals surface area contributed by atoms with Crippen molar-refractivity contribution in [2.45, 2.75) is 33.0 Å². The Morgan fingerprint density at radius 3 is 2.32 bits per heavy atom. The Bertz CT molecular complexity index is 867. The Morgan fingerprint density at radius 1 is 0.893 bits per heavy atom. The summed E-state index contributed by atoms with van der Waals surface area (Å²) in [6, 6.07) is 25.1. The number of methoxy groups -OCH3 is 1. The molecule has 0 spiro atoms. The maximum atomic E-state index is 6.00. The van der Waals surface area contributed by atoms with Gasteiger partial charge in [0.05, 0.1) is 7.11 Å². The van der Waals surface area contributed by atoms with Gasteiger partial charge < -0.3 is 14.8 Å². The lowest BCUT2D eigenvalue weighted by molar-refractivity contribution is 0.283. The summed E-state index contributed by atoms with van der Waals surface area (Å²) in [6.07, 6.45) is 0. The summed E-state index contributed by atoms with van der Waals surface area (Å²) in [5.74, 6) is 1.52. The van der Waals surface area contributed by atoms with Crippen LogP contribution in [0.1, 0.15) is 35.2 Å². The zero-order valence-corrected chi connectivity index (χ0v) is 17.5. The van der Waals surface area contributed by atoms with Crippen molar-refractivity contribution in [2.24, 2.45) is 0 Å². The van der Waals surface area contributed by atoms with Gasteiger partial charge in [0.25, 0.3) is 0 Å². The van der Waals surface area contributed by atoms with E-state index in [1.807, 2.05) is 30.3 Å². The van der Waals surface area contributed by atoms with E-state index in [4.69, 9.17) is 9.47 Å². The number of hydrogen-bond acceptors (Lipinski definition) is 3. The number of benzene rings is 3. The normalized spacial score (nSPS) is 11.4.